The first-order valence-corrected chi connectivity index (χ1v) is 11.4. The highest BCUT2D eigenvalue weighted by molar-refractivity contribution is 7.93. The van der Waals surface area contributed by atoms with Crippen molar-refractivity contribution < 1.29 is 13.2 Å². The van der Waals surface area contributed by atoms with E-state index in [-0.39, 0.29) is 23.1 Å². The number of hydrogen-bond donors (Lipinski definition) is 2. The molecule has 2 amide bonds. The molecule has 0 saturated carbocycles. The zero-order chi connectivity index (χ0) is 19.8. The summed E-state index contributed by atoms with van der Waals surface area (Å²) in [5.74, 6) is 0.570. The lowest BCUT2D eigenvalue weighted by molar-refractivity contribution is 0.00177. The van der Waals surface area contributed by atoms with Crippen LogP contribution < -0.4 is 10.6 Å². The SMILES string of the molecule is O=C(NCc1ccc(Cl)cc1)Nc1ccc(CN2CCC23CS(=O)(=O)C3)cc1. The molecule has 148 valence electrons. The van der Waals surface area contributed by atoms with Gasteiger partial charge in [0, 0.05) is 30.3 Å². The third-order valence-corrected chi connectivity index (χ3v) is 7.65. The zero-order valence-corrected chi connectivity index (χ0v) is 16.9. The first kappa shape index (κ1) is 19.2. The van der Waals surface area contributed by atoms with Gasteiger partial charge in [-0.25, -0.2) is 13.2 Å². The van der Waals surface area contributed by atoms with Gasteiger partial charge >= 0.3 is 6.03 Å². The number of likely N-dealkylation sites (tertiary alicyclic amines) is 1. The van der Waals surface area contributed by atoms with Crippen LogP contribution in [-0.4, -0.2) is 42.9 Å². The van der Waals surface area contributed by atoms with E-state index in [9.17, 15) is 13.2 Å². The number of sulfone groups is 1. The molecule has 4 rings (SSSR count). The minimum Gasteiger partial charge on any atom is -0.334 e. The van der Waals surface area contributed by atoms with Crippen molar-refractivity contribution in [3.8, 4) is 0 Å². The van der Waals surface area contributed by atoms with E-state index in [1.807, 2.05) is 36.4 Å². The normalized spacial score (nSPS) is 19.5. The molecule has 2 aliphatic heterocycles. The quantitative estimate of drug-likeness (QED) is 0.780. The number of benzene rings is 2. The van der Waals surface area contributed by atoms with Crippen molar-refractivity contribution in [3.63, 3.8) is 0 Å². The van der Waals surface area contributed by atoms with Crippen molar-refractivity contribution in [1.82, 2.24) is 10.2 Å². The Morgan fingerprint density at radius 2 is 1.68 bits per heavy atom. The maximum absolute atomic E-state index is 12.1. The number of rotatable bonds is 5. The van der Waals surface area contributed by atoms with Crippen molar-refractivity contribution in [2.24, 2.45) is 0 Å². The predicted molar refractivity (Wildman–Crippen MR) is 110 cm³/mol. The molecule has 0 atom stereocenters. The van der Waals surface area contributed by atoms with E-state index in [1.165, 1.54) is 0 Å². The van der Waals surface area contributed by atoms with Crippen LogP contribution in [0.15, 0.2) is 48.5 Å². The van der Waals surface area contributed by atoms with Gasteiger partial charge in [-0.05, 0) is 41.8 Å². The third-order valence-electron chi connectivity index (χ3n) is 5.45. The summed E-state index contributed by atoms with van der Waals surface area (Å²) in [5, 5.41) is 6.28. The fourth-order valence-electron chi connectivity index (χ4n) is 3.81. The number of carbonyl (C=O) groups is 1. The summed E-state index contributed by atoms with van der Waals surface area (Å²) in [5.41, 5.74) is 2.66. The van der Waals surface area contributed by atoms with Crippen LogP contribution in [-0.2, 0) is 22.9 Å². The summed E-state index contributed by atoms with van der Waals surface area (Å²) in [6, 6.07) is 14.7. The molecule has 6 nitrogen and oxygen atoms in total. The molecule has 2 fully saturated rings. The maximum atomic E-state index is 12.1. The fourth-order valence-corrected chi connectivity index (χ4v) is 6.14. The van der Waals surface area contributed by atoms with Gasteiger partial charge in [0.2, 0.25) is 0 Å². The second kappa shape index (κ2) is 7.39. The van der Waals surface area contributed by atoms with E-state index in [4.69, 9.17) is 11.6 Å². The number of halogens is 1. The molecule has 0 unspecified atom stereocenters. The van der Waals surface area contributed by atoms with E-state index in [0.717, 1.165) is 30.6 Å². The molecule has 0 bridgehead atoms. The van der Waals surface area contributed by atoms with Crippen LogP contribution >= 0.6 is 11.6 Å². The number of urea groups is 1. The molecule has 1 spiro atoms. The molecule has 0 aliphatic carbocycles. The number of carbonyl (C=O) groups excluding carboxylic acids is 1. The molecule has 0 radical (unpaired) electrons. The minimum atomic E-state index is -2.83. The van der Waals surface area contributed by atoms with E-state index >= 15 is 0 Å². The van der Waals surface area contributed by atoms with Crippen LogP contribution in [0.3, 0.4) is 0 Å². The number of anilines is 1. The van der Waals surface area contributed by atoms with Gasteiger partial charge in [-0.1, -0.05) is 35.9 Å². The average molecular weight is 420 g/mol. The van der Waals surface area contributed by atoms with Gasteiger partial charge in [0.25, 0.3) is 0 Å². The molecule has 2 heterocycles. The minimum absolute atomic E-state index is 0.128. The predicted octanol–water partition coefficient (Wildman–Crippen LogP) is 3.03. The van der Waals surface area contributed by atoms with Gasteiger partial charge in [-0.15, -0.1) is 0 Å². The molecule has 0 aromatic heterocycles. The van der Waals surface area contributed by atoms with Crippen molar-refractivity contribution >= 4 is 33.2 Å². The molecular formula is C20H22ClN3O3S. The second-order valence-electron chi connectivity index (χ2n) is 7.56. The largest absolute Gasteiger partial charge is 0.334 e. The molecular weight excluding hydrogens is 398 g/mol. The number of nitrogens with one attached hydrogen (secondary N) is 2. The second-order valence-corrected chi connectivity index (χ2v) is 10.1. The van der Waals surface area contributed by atoms with Crippen molar-refractivity contribution in [3.05, 3.63) is 64.7 Å². The Labute approximate surface area is 169 Å². The Morgan fingerprint density at radius 3 is 2.25 bits per heavy atom. The van der Waals surface area contributed by atoms with Crippen molar-refractivity contribution in [2.75, 3.05) is 23.4 Å². The van der Waals surface area contributed by atoms with Gasteiger partial charge in [-0.3, -0.25) is 4.90 Å². The van der Waals surface area contributed by atoms with Gasteiger partial charge in [0.1, 0.15) is 0 Å². The topological polar surface area (TPSA) is 78.5 Å². The summed E-state index contributed by atoms with van der Waals surface area (Å²) >= 11 is 5.85. The molecule has 2 N–H and O–H groups in total. The molecule has 2 aromatic rings. The smallest absolute Gasteiger partial charge is 0.319 e. The van der Waals surface area contributed by atoms with Crippen LogP contribution in [0.5, 0.6) is 0 Å². The highest BCUT2D eigenvalue weighted by atomic mass is 35.5. The Kier molecular flexibility index (Phi) is 5.07. The third kappa shape index (κ3) is 4.16. The fraction of sp³-hybridized carbons (Fsp3) is 0.350. The Balaban J connectivity index is 1.26. The summed E-state index contributed by atoms with van der Waals surface area (Å²) in [4.78, 5) is 14.3. The first-order chi connectivity index (χ1) is 13.3. The van der Waals surface area contributed by atoms with Crippen LogP contribution in [0.4, 0.5) is 10.5 Å². The van der Waals surface area contributed by atoms with Gasteiger partial charge in [0.15, 0.2) is 9.84 Å². The molecule has 2 aliphatic rings. The summed E-state index contributed by atoms with van der Waals surface area (Å²) in [6.07, 6.45) is 0.958. The number of amides is 2. The van der Waals surface area contributed by atoms with E-state index in [1.54, 1.807) is 12.1 Å². The molecule has 8 heteroatoms. The summed E-state index contributed by atoms with van der Waals surface area (Å²) in [7, 11) is -2.83. The standard InChI is InChI=1S/C20H22ClN3O3S/c21-17-5-1-15(2-6-17)11-22-19(25)23-18-7-3-16(4-8-18)12-24-10-9-20(24)13-28(26,27)14-20/h1-8H,9-14H2,(H2,22,23,25). The summed E-state index contributed by atoms with van der Waals surface area (Å²) in [6.45, 7) is 2.09. The van der Waals surface area contributed by atoms with Crippen LogP contribution in [0, 0.1) is 0 Å². The van der Waals surface area contributed by atoms with Crippen LogP contribution in [0.25, 0.3) is 0 Å². The highest BCUT2D eigenvalue weighted by Gasteiger charge is 2.57. The zero-order valence-electron chi connectivity index (χ0n) is 15.3. The monoisotopic (exact) mass is 419 g/mol. The van der Waals surface area contributed by atoms with Gasteiger partial charge in [-0.2, -0.15) is 0 Å². The van der Waals surface area contributed by atoms with Crippen molar-refractivity contribution in [1.29, 1.82) is 0 Å². The van der Waals surface area contributed by atoms with Crippen LogP contribution in [0.2, 0.25) is 5.02 Å². The van der Waals surface area contributed by atoms with Gasteiger partial charge in [0.05, 0.1) is 17.0 Å². The number of nitrogens with zero attached hydrogens (tertiary/aromatic N) is 1. The lowest BCUT2D eigenvalue weighted by Crippen LogP contribution is -2.72. The van der Waals surface area contributed by atoms with E-state index in [2.05, 4.69) is 15.5 Å². The van der Waals surface area contributed by atoms with Crippen LogP contribution in [0.1, 0.15) is 17.5 Å². The molecule has 2 saturated heterocycles. The maximum Gasteiger partial charge on any atom is 0.319 e. The Bertz CT molecular complexity index is 963. The Hall–Kier alpha value is -2.09. The van der Waals surface area contributed by atoms with E-state index in [0.29, 0.717) is 17.3 Å². The van der Waals surface area contributed by atoms with Gasteiger partial charge < -0.3 is 10.6 Å². The Morgan fingerprint density at radius 1 is 1.04 bits per heavy atom. The average Bonchev–Trinajstić information content (AvgIpc) is 2.64. The lowest BCUT2D eigenvalue weighted by Gasteiger charge is -2.57. The number of hydrogen-bond acceptors (Lipinski definition) is 4. The van der Waals surface area contributed by atoms with E-state index < -0.39 is 9.84 Å². The first-order valence-electron chi connectivity index (χ1n) is 9.17. The molecule has 2 aromatic carbocycles. The molecule has 28 heavy (non-hydrogen) atoms. The summed E-state index contributed by atoms with van der Waals surface area (Å²) < 4.78 is 23.0. The lowest BCUT2D eigenvalue weighted by atomic mass is 9.87. The van der Waals surface area contributed by atoms with Crippen molar-refractivity contribution in [2.45, 2.75) is 25.0 Å². The highest BCUT2D eigenvalue weighted by Crippen LogP contribution is 2.41.